The van der Waals surface area contributed by atoms with Crippen LogP contribution in [0, 0.1) is 17.8 Å². The van der Waals surface area contributed by atoms with Crippen LogP contribution in [0.5, 0.6) is 0 Å². The van der Waals surface area contributed by atoms with Crippen molar-refractivity contribution in [3.8, 4) is 11.8 Å². The Kier molecular flexibility index (Phi) is 3.24. The van der Waals surface area contributed by atoms with E-state index in [1.807, 2.05) is 0 Å². The lowest BCUT2D eigenvalue weighted by atomic mass is 10.1. The summed E-state index contributed by atoms with van der Waals surface area (Å²) in [6.07, 6.45) is 1.83. The maximum absolute atomic E-state index is 11.7. The molecule has 0 atom stereocenters. The number of aliphatic carboxylic acids is 1. The van der Waals surface area contributed by atoms with Gasteiger partial charge in [0, 0.05) is 17.0 Å². The van der Waals surface area contributed by atoms with Crippen LogP contribution in [0.1, 0.15) is 35.2 Å². The van der Waals surface area contributed by atoms with Gasteiger partial charge in [-0.3, -0.25) is 9.59 Å². The van der Waals surface area contributed by atoms with Gasteiger partial charge in [-0.15, -0.1) is 0 Å². The predicted octanol–water partition coefficient (Wildman–Crippen LogP) is 2.11. The third kappa shape index (κ3) is 3.18. The highest BCUT2D eigenvalue weighted by Crippen LogP contribution is 2.32. The van der Waals surface area contributed by atoms with Crippen LogP contribution >= 0.6 is 0 Å². The van der Waals surface area contributed by atoms with Crippen molar-refractivity contribution in [3.05, 3.63) is 35.4 Å². The highest BCUT2D eigenvalue weighted by molar-refractivity contribution is 5.99. The Morgan fingerprint density at radius 3 is 2.41 bits per heavy atom. The molecule has 86 valence electrons. The fraction of sp³-hybridized carbons (Fsp3) is 0.286. The minimum Gasteiger partial charge on any atom is -0.481 e. The molecule has 0 saturated heterocycles. The van der Waals surface area contributed by atoms with E-state index in [1.165, 1.54) is 0 Å². The molecule has 0 aliphatic heterocycles. The summed E-state index contributed by atoms with van der Waals surface area (Å²) < 4.78 is 0. The molecule has 1 saturated carbocycles. The smallest absolute Gasteiger partial charge is 0.315 e. The van der Waals surface area contributed by atoms with E-state index in [-0.39, 0.29) is 18.1 Å². The molecule has 1 N–H and O–H groups in total. The zero-order valence-electron chi connectivity index (χ0n) is 9.27. The van der Waals surface area contributed by atoms with Crippen molar-refractivity contribution in [2.45, 2.75) is 19.3 Å². The minimum absolute atomic E-state index is 0.164. The number of ketones is 1. The van der Waals surface area contributed by atoms with Gasteiger partial charge in [0.2, 0.25) is 0 Å². The van der Waals surface area contributed by atoms with Crippen LogP contribution in [0.3, 0.4) is 0 Å². The predicted molar refractivity (Wildman–Crippen MR) is 62.6 cm³/mol. The number of carbonyl (C=O) groups is 2. The number of carboxylic acid groups (broad SMARTS) is 1. The summed E-state index contributed by atoms with van der Waals surface area (Å²) in [5.74, 6) is 4.79. The lowest BCUT2D eigenvalue weighted by Crippen LogP contribution is -2.00. The zero-order chi connectivity index (χ0) is 12.3. The summed E-state index contributed by atoms with van der Waals surface area (Å²) in [5.41, 5.74) is 1.45. The molecule has 0 unspecified atom stereocenters. The molecule has 1 fully saturated rings. The Labute approximate surface area is 99.5 Å². The fourth-order valence-electron chi connectivity index (χ4n) is 1.52. The van der Waals surface area contributed by atoms with E-state index < -0.39 is 5.97 Å². The Hall–Kier alpha value is -2.08. The van der Waals surface area contributed by atoms with Gasteiger partial charge >= 0.3 is 5.97 Å². The average Bonchev–Trinajstić information content (AvgIpc) is 3.12. The topological polar surface area (TPSA) is 54.4 Å². The molecule has 3 heteroatoms. The summed E-state index contributed by atoms with van der Waals surface area (Å²) >= 11 is 0. The molecule has 0 aromatic heterocycles. The van der Waals surface area contributed by atoms with E-state index in [9.17, 15) is 9.59 Å². The molecule has 0 bridgehead atoms. The van der Waals surface area contributed by atoms with Crippen molar-refractivity contribution in [1.82, 2.24) is 0 Å². The van der Waals surface area contributed by atoms with Crippen molar-refractivity contribution in [1.29, 1.82) is 0 Å². The van der Waals surface area contributed by atoms with Crippen LogP contribution in [0.4, 0.5) is 0 Å². The third-order valence-electron chi connectivity index (χ3n) is 2.59. The Bertz CT molecular complexity index is 499. The van der Waals surface area contributed by atoms with Crippen LogP contribution in [0.25, 0.3) is 0 Å². The summed E-state index contributed by atoms with van der Waals surface area (Å²) in [5, 5.41) is 8.43. The zero-order valence-corrected chi connectivity index (χ0v) is 9.27. The maximum Gasteiger partial charge on any atom is 0.315 e. The monoisotopic (exact) mass is 228 g/mol. The summed E-state index contributed by atoms with van der Waals surface area (Å²) in [6.45, 7) is 0. The molecule has 1 aromatic rings. The number of hydrogen-bond donors (Lipinski definition) is 1. The van der Waals surface area contributed by atoms with Gasteiger partial charge in [-0.1, -0.05) is 24.0 Å². The Balaban J connectivity index is 2.03. The first-order valence-corrected chi connectivity index (χ1v) is 5.52. The molecule has 0 radical (unpaired) electrons. The molecular weight excluding hydrogens is 216 g/mol. The molecule has 3 nitrogen and oxygen atoms in total. The van der Waals surface area contributed by atoms with Crippen LogP contribution in [0.2, 0.25) is 0 Å². The summed E-state index contributed by atoms with van der Waals surface area (Å²) in [7, 11) is 0. The first-order chi connectivity index (χ1) is 8.16. The van der Waals surface area contributed by atoms with E-state index in [0.29, 0.717) is 0 Å². The molecular formula is C14H12O3. The van der Waals surface area contributed by atoms with Crippen molar-refractivity contribution >= 4 is 11.8 Å². The number of hydrogen-bond acceptors (Lipinski definition) is 2. The number of rotatable bonds is 3. The lowest BCUT2D eigenvalue weighted by molar-refractivity contribution is -0.135. The fourth-order valence-corrected chi connectivity index (χ4v) is 1.52. The molecule has 0 amide bonds. The molecule has 2 rings (SSSR count). The first-order valence-electron chi connectivity index (χ1n) is 5.52. The van der Waals surface area contributed by atoms with E-state index >= 15 is 0 Å². The number of carboxylic acids is 1. The maximum atomic E-state index is 11.7. The lowest BCUT2D eigenvalue weighted by Gasteiger charge is -1.98. The van der Waals surface area contributed by atoms with Gasteiger partial charge < -0.3 is 5.11 Å². The van der Waals surface area contributed by atoms with Crippen molar-refractivity contribution in [2.75, 3.05) is 0 Å². The minimum atomic E-state index is -0.932. The van der Waals surface area contributed by atoms with Gasteiger partial charge in [0.15, 0.2) is 5.78 Å². The molecule has 0 heterocycles. The second kappa shape index (κ2) is 4.84. The van der Waals surface area contributed by atoms with Gasteiger partial charge in [0.05, 0.1) is 0 Å². The highest BCUT2D eigenvalue weighted by atomic mass is 16.4. The number of Topliss-reactive ketones (excluding diaryl/α,β-unsaturated/α-hetero) is 1. The average molecular weight is 228 g/mol. The van der Waals surface area contributed by atoms with Crippen LogP contribution in [-0.2, 0) is 4.79 Å². The number of carbonyl (C=O) groups excluding carboxylic acids is 1. The van der Waals surface area contributed by atoms with E-state index in [1.54, 1.807) is 24.3 Å². The molecule has 1 aliphatic carbocycles. The quantitative estimate of drug-likeness (QED) is 0.636. The van der Waals surface area contributed by atoms with Crippen molar-refractivity contribution in [2.24, 2.45) is 5.92 Å². The Morgan fingerprint density at radius 2 is 1.88 bits per heavy atom. The van der Waals surface area contributed by atoms with Gasteiger partial charge in [-0.05, 0) is 25.0 Å². The van der Waals surface area contributed by atoms with Crippen molar-refractivity contribution in [3.63, 3.8) is 0 Å². The van der Waals surface area contributed by atoms with Gasteiger partial charge in [0.1, 0.15) is 6.42 Å². The second-order valence-corrected chi connectivity index (χ2v) is 4.09. The first kappa shape index (κ1) is 11.4. The van der Waals surface area contributed by atoms with Gasteiger partial charge in [-0.25, -0.2) is 0 Å². The third-order valence-corrected chi connectivity index (χ3v) is 2.59. The summed E-state index contributed by atoms with van der Waals surface area (Å²) in [6, 6.07) is 7.02. The molecule has 17 heavy (non-hydrogen) atoms. The normalized spacial score (nSPS) is 13.6. The SMILES string of the molecule is O=C(O)CC#Cc1ccc(C(=O)C2CC2)cc1. The highest BCUT2D eigenvalue weighted by Gasteiger charge is 2.30. The molecule has 1 aromatic carbocycles. The largest absolute Gasteiger partial charge is 0.481 e. The summed E-state index contributed by atoms with van der Waals surface area (Å²) in [4.78, 5) is 22.0. The van der Waals surface area contributed by atoms with E-state index in [4.69, 9.17) is 5.11 Å². The molecule has 0 spiro atoms. The standard InChI is InChI=1S/C14H12O3/c15-13(16)3-1-2-10-4-6-11(7-5-10)14(17)12-8-9-12/h4-7,12H,3,8-9H2,(H,15,16). The van der Waals surface area contributed by atoms with Gasteiger partial charge in [-0.2, -0.15) is 0 Å². The second-order valence-electron chi connectivity index (χ2n) is 4.09. The van der Waals surface area contributed by atoms with E-state index in [2.05, 4.69) is 11.8 Å². The number of benzene rings is 1. The van der Waals surface area contributed by atoms with E-state index in [0.717, 1.165) is 24.0 Å². The van der Waals surface area contributed by atoms with Crippen LogP contribution in [0.15, 0.2) is 24.3 Å². The van der Waals surface area contributed by atoms with Gasteiger partial charge in [0.25, 0.3) is 0 Å². The van der Waals surface area contributed by atoms with Crippen LogP contribution in [-0.4, -0.2) is 16.9 Å². The van der Waals surface area contributed by atoms with Crippen molar-refractivity contribution < 1.29 is 14.7 Å². The Morgan fingerprint density at radius 1 is 1.24 bits per heavy atom. The molecule has 1 aliphatic rings. The van der Waals surface area contributed by atoms with Crippen LogP contribution < -0.4 is 0 Å².